The molecule has 2 unspecified atom stereocenters. The Labute approximate surface area is 119 Å². The molecule has 0 saturated carbocycles. The van der Waals surface area contributed by atoms with Crippen molar-refractivity contribution >= 4 is 0 Å². The first-order valence-electron chi connectivity index (χ1n) is 7.34. The van der Waals surface area contributed by atoms with Crippen LogP contribution >= 0.6 is 0 Å². The maximum absolute atomic E-state index is 5.83. The highest BCUT2D eigenvalue weighted by Crippen LogP contribution is 2.36. The summed E-state index contributed by atoms with van der Waals surface area (Å²) in [4.78, 5) is 0. The van der Waals surface area contributed by atoms with Crippen molar-refractivity contribution in [2.75, 3.05) is 13.2 Å². The fourth-order valence-electron chi connectivity index (χ4n) is 2.87. The van der Waals surface area contributed by atoms with E-state index >= 15 is 0 Å². The lowest BCUT2D eigenvalue weighted by Gasteiger charge is -2.23. The molecule has 0 amide bonds. The lowest BCUT2D eigenvalue weighted by atomic mass is 9.89. The van der Waals surface area contributed by atoms with Gasteiger partial charge >= 0.3 is 0 Å². The van der Waals surface area contributed by atoms with E-state index in [2.05, 4.69) is 30.4 Å². The molecule has 1 aromatic carbocycles. The van der Waals surface area contributed by atoms with Crippen LogP contribution in [0.25, 0.3) is 0 Å². The molecule has 3 heteroatoms. The van der Waals surface area contributed by atoms with E-state index in [9.17, 15) is 0 Å². The highest BCUT2D eigenvalue weighted by atomic mass is 16.5. The van der Waals surface area contributed by atoms with Gasteiger partial charge in [0, 0.05) is 17.5 Å². The van der Waals surface area contributed by atoms with Crippen molar-refractivity contribution < 1.29 is 9.15 Å². The number of ether oxygens (including phenoxy) is 1. The first-order valence-corrected chi connectivity index (χ1v) is 7.34. The molecule has 0 fully saturated rings. The fourth-order valence-corrected chi connectivity index (χ4v) is 2.87. The minimum absolute atomic E-state index is 0.385. The number of nitrogens with one attached hydrogen (secondary N) is 1. The molecule has 2 aromatic rings. The molecule has 3 nitrogen and oxygen atoms in total. The summed E-state index contributed by atoms with van der Waals surface area (Å²) in [5.74, 6) is 1.45. The molecule has 20 heavy (non-hydrogen) atoms. The standard InChI is InChI=1S/C17H21NO2/c1-2-8-18-16(10-13-7-9-19-11-13)15-12-20-17-6-4-3-5-14(15)17/h3-7,9,11,15-16,18H,2,8,10,12H2,1H3. The van der Waals surface area contributed by atoms with Crippen LogP contribution in [0.1, 0.15) is 30.4 Å². The van der Waals surface area contributed by atoms with Gasteiger partial charge in [0.1, 0.15) is 5.75 Å². The van der Waals surface area contributed by atoms with Crippen LogP contribution in [0.2, 0.25) is 0 Å². The van der Waals surface area contributed by atoms with Crippen LogP contribution in [0.15, 0.2) is 47.3 Å². The second kappa shape index (κ2) is 6.14. The zero-order chi connectivity index (χ0) is 13.8. The van der Waals surface area contributed by atoms with Crippen molar-refractivity contribution in [2.45, 2.75) is 31.7 Å². The first-order chi connectivity index (χ1) is 9.88. The topological polar surface area (TPSA) is 34.4 Å². The van der Waals surface area contributed by atoms with E-state index in [4.69, 9.17) is 9.15 Å². The van der Waals surface area contributed by atoms with Gasteiger partial charge in [0.15, 0.2) is 0 Å². The Bertz CT molecular complexity index is 536. The van der Waals surface area contributed by atoms with Crippen molar-refractivity contribution in [3.63, 3.8) is 0 Å². The summed E-state index contributed by atoms with van der Waals surface area (Å²) in [6, 6.07) is 10.8. The summed E-state index contributed by atoms with van der Waals surface area (Å²) in [6.07, 6.45) is 5.68. The summed E-state index contributed by atoms with van der Waals surface area (Å²) in [5.41, 5.74) is 2.56. The Kier molecular flexibility index (Phi) is 4.07. The molecule has 1 aliphatic rings. The normalized spacial score (nSPS) is 18.6. The molecule has 1 aliphatic heterocycles. The van der Waals surface area contributed by atoms with Crippen LogP contribution in [-0.4, -0.2) is 19.2 Å². The van der Waals surface area contributed by atoms with Gasteiger partial charge in [0.05, 0.1) is 19.1 Å². The van der Waals surface area contributed by atoms with Crippen LogP contribution in [0, 0.1) is 0 Å². The quantitative estimate of drug-likeness (QED) is 0.874. The molecule has 0 spiro atoms. The minimum Gasteiger partial charge on any atom is -0.493 e. The van der Waals surface area contributed by atoms with E-state index in [-0.39, 0.29) is 0 Å². The third-order valence-electron chi connectivity index (χ3n) is 3.91. The van der Waals surface area contributed by atoms with E-state index in [1.165, 1.54) is 11.1 Å². The average Bonchev–Trinajstić information content (AvgIpc) is 3.12. The Hall–Kier alpha value is -1.74. The predicted molar refractivity (Wildman–Crippen MR) is 79.2 cm³/mol. The fraction of sp³-hybridized carbons (Fsp3) is 0.412. The molecule has 0 aliphatic carbocycles. The minimum atomic E-state index is 0.385. The van der Waals surface area contributed by atoms with E-state index in [1.807, 2.05) is 18.4 Å². The molecule has 2 heterocycles. The Morgan fingerprint density at radius 1 is 1.30 bits per heavy atom. The van der Waals surface area contributed by atoms with Gasteiger partial charge in [-0.2, -0.15) is 0 Å². The van der Waals surface area contributed by atoms with Gasteiger partial charge in [0.2, 0.25) is 0 Å². The van der Waals surface area contributed by atoms with Crippen LogP contribution in [0.4, 0.5) is 0 Å². The number of benzene rings is 1. The Balaban J connectivity index is 1.79. The predicted octanol–water partition coefficient (Wildman–Crippen LogP) is 3.37. The van der Waals surface area contributed by atoms with Crippen LogP contribution in [0.3, 0.4) is 0 Å². The van der Waals surface area contributed by atoms with Crippen LogP contribution in [0.5, 0.6) is 5.75 Å². The maximum atomic E-state index is 5.83. The van der Waals surface area contributed by atoms with Gasteiger partial charge in [-0.1, -0.05) is 25.1 Å². The summed E-state index contributed by atoms with van der Waals surface area (Å²) < 4.78 is 11.0. The van der Waals surface area contributed by atoms with Gasteiger partial charge < -0.3 is 14.5 Å². The molecule has 106 valence electrons. The van der Waals surface area contributed by atoms with Gasteiger partial charge in [0.25, 0.3) is 0 Å². The zero-order valence-corrected chi connectivity index (χ0v) is 11.8. The van der Waals surface area contributed by atoms with Gasteiger partial charge in [-0.15, -0.1) is 0 Å². The van der Waals surface area contributed by atoms with E-state index < -0.39 is 0 Å². The molecular formula is C17H21NO2. The summed E-state index contributed by atoms with van der Waals surface area (Å²) in [6.45, 7) is 3.99. The van der Waals surface area contributed by atoms with Crippen molar-refractivity contribution in [3.05, 3.63) is 54.0 Å². The van der Waals surface area contributed by atoms with Gasteiger partial charge in [-0.25, -0.2) is 0 Å². The third kappa shape index (κ3) is 2.73. The summed E-state index contributed by atoms with van der Waals surface area (Å²) >= 11 is 0. The summed E-state index contributed by atoms with van der Waals surface area (Å²) in [5, 5.41) is 3.67. The number of furan rings is 1. The number of para-hydroxylation sites is 1. The van der Waals surface area contributed by atoms with Crippen molar-refractivity contribution in [1.29, 1.82) is 0 Å². The monoisotopic (exact) mass is 271 g/mol. The lowest BCUT2D eigenvalue weighted by molar-refractivity contribution is 0.296. The van der Waals surface area contributed by atoms with Crippen LogP contribution in [-0.2, 0) is 6.42 Å². The molecule has 1 N–H and O–H groups in total. The van der Waals surface area contributed by atoms with Gasteiger partial charge in [-0.3, -0.25) is 0 Å². The lowest BCUT2D eigenvalue weighted by Crippen LogP contribution is -2.38. The van der Waals surface area contributed by atoms with E-state index in [1.54, 1.807) is 6.26 Å². The maximum Gasteiger partial charge on any atom is 0.122 e. The number of hydrogen-bond donors (Lipinski definition) is 1. The Morgan fingerprint density at radius 3 is 3.00 bits per heavy atom. The van der Waals surface area contributed by atoms with Crippen molar-refractivity contribution in [1.82, 2.24) is 5.32 Å². The smallest absolute Gasteiger partial charge is 0.122 e. The number of fused-ring (bicyclic) bond motifs is 1. The number of rotatable bonds is 6. The SMILES string of the molecule is CCCNC(Cc1ccoc1)C1COc2ccccc21. The second-order valence-electron chi connectivity index (χ2n) is 5.35. The molecule has 2 atom stereocenters. The number of hydrogen-bond acceptors (Lipinski definition) is 3. The van der Waals surface area contributed by atoms with E-state index in [0.717, 1.165) is 31.7 Å². The summed E-state index contributed by atoms with van der Waals surface area (Å²) in [7, 11) is 0. The second-order valence-corrected chi connectivity index (χ2v) is 5.35. The first kappa shape index (κ1) is 13.3. The largest absolute Gasteiger partial charge is 0.493 e. The van der Waals surface area contributed by atoms with Crippen molar-refractivity contribution in [3.8, 4) is 5.75 Å². The highest BCUT2D eigenvalue weighted by molar-refractivity contribution is 5.40. The molecule has 3 rings (SSSR count). The molecule has 1 aromatic heterocycles. The van der Waals surface area contributed by atoms with Crippen molar-refractivity contribution in [2.24, 2.45) is 0 Å². The third-order valence-corrected chi connectivity index (χ3v) is 3.91. The molecular weight excluding hydrogens is 250 g/mol. The zero-order valence-electron chi connectivity index (χ0n) is 11.8. The Morgan fingerprint density at radius 2 is 2.20 bits per heavy atom. The van der Waals surface area contributed by atoms with E-state index in [0.29, 0.717) is 12.0 Å². The molecule has 0 saturated heterocycles. The average molecular weight is 271 g/mol. The molecule has 0 bridgehead atoms. The van der Waals surface area contributed by atoms with Gasteiger partial charge in [-0.05, 0) is 37.1 Å². The highest BCUT2D eigenvalue weighted by Gasteiger charge is 2.31. The van der Waals surface area contributed by atoms with Crippen LogP contribution < -0.4 is 10.1 Å². The molecule has 0 radical (unpaired) electrons.